The molecule has 0 saturated carbocycles. The first-order valence-corrected chi connectivity index (χ1v) is 7.53. The van der Waals surface area contributed by atoms with Crippen molar-refractivity contribution in [3.05, 3.63) is 23.9 Å². The van der Waals surface area contributed by atoms with Crippen molar-refractivity contribution < 1.29 is 13.2 Å². The number of pyridine rings is 1. The predicted molar refractivity (Wildman–Crippen MR) is 77.4 cm³/mol. The van der Waals surface area contributed by atoms with Gasteiger partial charge in [-0.05, 0) is 44.4 Å². The van der Waals surface area contributed by atoms with Gasteiger partial charge in [-0.3, -0.25) is 0 Å². The summed E-state index contributed by atoms with van der Waals surface area (Å²) in [4.78, 5) is 5.85. The lowest BCUT2D eigenvalue weighted by molar-refractivity contribution is -0.137. The molecular weight excluding hydrogens is 279 g/mol. The first kappa shape index (κ1) is 16.1. The molecule has 1 aliphatic rings. The lowest BCUT2D eigenvalue weighted by Gasteiger charge is -2.38. The van der Waals surface area contributed by atoms with Crippen molar-refractivity contribution in [3.63, 3.8) is 0 Å². The highest BCUT2D eigenvalue weighted by Gasteiger charge is 2.37. The van der Waals surface area contributed by atoms with E-state index in [1.165, 1.54) is 12.3 Å². The third kappa shape index (κ3) is 4.09. The van der Waals surface area contributed by atoms with Crippen LogP contribution in [0.4, 0.5) is 19.0 Å². The molecule has 1 fully saturated rings. The summed E-state index contributed by atoms with van der Waals surface area (Å²) in [5.74, 6) is 0.0769. The maximum atomic E-state index is 13.2. The molecule has 2 heterocycles. The number of halogens is 3. The monoisotopic (exact) mass is 301 g/mol. The molecule has 1 saturated heterocycles. The Balaban J connectivity index is 2.21. The lowest BCUT2D eigenvalue weighted by Crippen LogP contribution is -2.46. The number of aromatic nitrogens is 1. The van der Waals surface area contributed by atoms with Gasteiger partial charge < -0.3 is 10.2 Å². The Morgan fingerprint density at radius 2 is 2.19 bits per heavy atom. The van der Waals surface area contributed by atoms with E-state index in [0.717, 1.165) is 38.3 Å². The highest BCUT2D eigenvalue weighted by molar-refractivity contribution is 5.49. The fraction of sp³-hybridized carbons (Fsp3) is 0.667. The molecule has 2 rings (SSSR count). The molecule has 6 heteroatoms. The zero-order valence-electron chi connectivity index (χ0n) is 12.3. The summed E-state index contributed by atoms with van der Waals surface area (Å²) in [7, 11) is 0. The summed E-state index contributed by atoms with van der Waals surface area (Å²) in [6, 6.07) is 2.55. The van der Waals surface area contributed by atoms with E-state index in [9.17, 15) is 13.2 Å². The number of hydrogen-bond acceptors (Lipinski definition) is 3. The van der Waals surface area contributed by atoms with E-state index in [1.807, 2.05) is 4.90 Å². The van der Waals surface area contributed by atoms with Crippen LogP contribution in [0, 0.1) is 0 Å². The van der Waals surface area contributed by atoms with E-state index in [2.05, 4.69) is 17.2 Å². The third-order valence-electron chi connectivity index (χ3n) is 3.80. The van der Waals surface area contributed by atoms with Crippen LogP contribution in [0.3, 0.4) is 0 Å². The van der Waals surface area contributed by atoms with Crippen LogP contribution in [0.15, 0.2) is 18.3 Å². The van der Waals surface area contributed by atoms with Gasteiger partial charge in [-0.2, -0.15) is 13.2 Å². The number of anilines is 1. The van der Waals surface area contributed by atoms with Gasteiger partial charge in [0.05, 0.1) is 5.56 Å². The molecule has 1 unspecified atom stereocenters. The number of hydrogen-bond donors (Lipinski definition) is 1. The number of nitrogens with one attached hydrogen (secondary N) is 1. The summed E-state index contributed by atoms with van der Waals surface area (Å²) in [6.45, 7) is 4.31. The smallest absolute Gasteiger partial charge is 0.352 e. The van der Waals surface area contributed by atoms with E-state index in [1.54, 1.807) is 0 Å². The van der Waals surface area contributed by atoms with Gasteiger partial charge >= 0.3 is 6.18 Å². The third-order valence-corrected chi connectivity index (χ3v) is 3.80. The van der Waals surface area contributed by atoms with Gasteiger partial charge in [0.15, 0.2) is 0 Å². The van der Waals surface area contributed by atoms with Crippen molar-refractivity contribution in [1.82, 2.24) is 10.3 Å². The minimum absolute atomic E-state index is 0.0769. The zero-order valence-corrected chi connectivity index (χ0v) is 12.3. The maximum Gasteiger partial charge on any atom is 0.419 e. The largest absolute Gasteiger partial charge is 0.419 e. The molecular formula is C15H22F3N3. The fourth-order valence-corrected chi connectivity index (χ4v) is 2.78. The van der Waals surface area contributed by atoms with Crippen LogP contribution in [0.2, 0.25) is 0 Å². The quantitative estimate of drug-likeness (QED) is 0.844. The minimum Gasteiger partial charge on any atom is -0.352 e. The van der Waals surface area contributed by atoms with Crippen molar-refractivity contribution >= 4 is 5.82 Å². The summed E-state index contributed by atoms with van der Waals surface area (Å²) >= 11 is 0. The molecule has 0 radical (unpaired) electrons. The van der Waals surface area contributed by atoms with Crippen LogP contribution in [0.1, 0.15) is 38.2 Å². The van der Waals surface area contributed by atoms with E-state index in [-0.39, 0.29) is 11.9 Å². The molecule has 0 aromatic carbocycles. The molecule has 1 atom stereocenters. The van der Waals surface area contributed by atoms with E-state index < -0.39 is 11.7 Å². The SMILES string of the molecule is CCCNCC1CCCCN1c1ncccc1C(F)(F)F. The van der Waals surface area contributed by atoms with Gasteiger partial charge in [0.2, 0.25) is 0 Å². The first-order valence-electron chi connectivity index (χ1n) is 7.53. The van der Waals surface area contributed by atoms with Gasteiger partial charge in [0, 0.05) is 25.3 Å². The first-order chi connectivity index (χ1) is 10.0. The Morgan fingerprint density at radius 1 is 1.38 bits per heavy atom. The van der Waals surface area contributed by atoms with E-state index in [4.69, 9.17) is 0 Å². The Kier molecular flexibility index (Phi) is 5.45. The van der Waals surface area contributed by atoms with Gasteiger partial charge in [-0.15, -0.1) is 0 Å². The molecule has 0 aliphatic carbocycles. The van der Waals surface area contributed by atoms with Crippen LogP contribution in [0.5, 0.6) is 0 Å². The van der Waals surface area contributed by atoms with Crippen LogP contribution in [-0.4, -0.2) is 30.7 Å². The lowest BCUT2D eigenvalue weighted by atomic mass is 10.0. The predicted octanol–water partition coefficient (Wildman–Crippen LogP) is 3.46. The van der Waals surface area contributed by atoms with Crippen molar-refractivity contribution in [2.45, 2.75) is 44.8 Å². The minimum atomic E-state index is -4.36. The van der Waals surface area contributed by atoms with Crippen LogP contribution < -0.4 is 10.2 Å². The molecule has 118 valence electrons. The van der Waals surface area contributed by atoms with Crippen molar-refractivity contribution in [2.24, 2.45) is 0 Å². The average Bonchev–Trinajstić information content (AvgIpc) is 2.47. The number of alkyl halides is 3. The second-order valence-electron chi connectivity index (χ2n) is 5.42. The van der Waals surface area contributed by atoms with E-state index in [0.29, 0.717) is 13.1 Å². The summed E-state index contributed by atoms with van der Waals surface area (Å²) in [5.41, 5.74) is -0.632. The molecule has 0 spiro atoms. The summed E-state index contributed by atoms with van der Waals surface area (Å²) in [6.07, 6.45) is 0.980. The van der Waals surface area contributed by atoms with Gasteiger partial charge in [0.25, 0.3) is 0 Å². The van der Waals surface area contributed by atoms with Crippen molar-refractivity contribution in [1.29, 1.82) is 0 Å². The Morgan fingerprint density at radius 3 is 2.90 bits per heavy atom. The number of piperidine rings is 1. The molecule has 0 amide bonds. The standard InChI is InChI=1S/C15H22F3N3/c1-2-8-19-11-12-6-3-4-10-21(12)14-13(15(16,17)18)7-5-9-20-14/h5,7,9,12,19H,2-4,6,8,10-11H2,1H3. The number of nitrogens with zero attached hydrogens (tertiary/aromatic N) is 2. The maximum absolute atomic E-state index is 13.2. The molecule has 1 aromatic heterocycles. The highest BCUT2D eigenvalue weighted by Crippen LogP contribution is 2.37. The second kappa shape index (κ2) is 7.11. The fourth-order valence-electron chi connectivity index (χ4n) is 2.78. The molecule has 0 bridgehead atoms. The topological polar surface area (TPSA) is 28.2 Å². The van der Waals surface area contributed by atoms with E-state index >= 15 is 0 Å². The van der Waals surface area contributed by atoms with Crippen LogP contribution in [-0.2, 0) is 6.18 Å². The average molecular weight is 301 g/mol. The Hall–Kier alpha value is -1.30. The summed E-state index contributed by atoms with van der Waals surface area (Å²) in [5, 5.41) is 3.31. The normalized spacial score (nSPS) is 19.8. The molecule has 3 nitrogen and oxygen atoms in total. The Labute approximate surface area is 123 Å². The zero-order chi connectivity index (χ0) is 15.3. The molecule has 1 aliphatic heterocycles. The van der Waals surface area contributed by atoms with Crippen molar-refractivity contribution in [2.75, 3.05) is 24.5 Å². The molecule has 21 heavy (non-hydrogen) atoms. The molecule has 1 aromatic rings. The van der Waals surface area contributed by atoms with Crippen molar-refractivity contribution in [3.8, 4) is 0 Å². The van der Waals surface area contributed by atoms with Crippen LogP contribution in [0.25, 0.3) is 0 Å². The second-order valence-corrected chi connectivity index (χ2v) is 5.42. The highest BCUT2D eigenvalue weighted by atomic mass is 19.4. The molecule has 1 N–H and O–H groups in total. The van der Waals surface area contributed by atoms with Gasteiger partial charge in [-0.25, -0.2) is 4.98 Å². The van der Waals surface area contributed by atoms with Gasteiger partial charge in [0.1, 0.15) is 5.82 Å². The summed E-state index contributed by atoms with van der Waals surface area (Å²) < 4.78 is 39.5. The Bertz CT molecular complexity index is 448. The van der Waals surface area contributed by atoms with Gasteiger partial charge in [-0.1, -0.05) is 6.92 Å². The van der Waals surface area contributed by atoms with Crippen LogP contribution >= 0.6 is 0 Å². The number of rotatable bonds is 5.